The van der Waals surface area contributed by atoms with Crippen LogP contribution in [0.3, 0.4) is 0 Å². The number of aromatic nitrogens is 2. The Kier molecular flexibility index (Phi) is 5.06. The van der Waals surface area contributed by atoms with E-state index in [4.69, 9.17) is 5.73 Å². The Hall–Kier alpha value is -2.04. The van der Waals surface area contributed by atoms with Crippen LogP contribution in [0.1, 0.15) is 24.9 Å². The number of nitrogens with zero attached hydrogens (tertiary/aromatic N) is 2. The monoisotopic (exact) mass is 317 g/mol. The van der Waals surface area contributed by atoms with Gasteiger partial charge in [0.2, 0.25) is 0 Å². The second-order valence-electron chi connectivity index (χ2n) is 5.36. The quantitative estimate of drug-likeness (QED) is 0.775. The Bertz CT molecular complexity index is 740. The molecular weight excluding hydrogens is 298 g/mol. The molecule has 3 N–H and O–H groups in total. The smallest absolute Gasteiger partial charge is 0.130 e. The maximum atomic E-state index is 9.83. The van der Waals surface area contributed by atoms with Gasteiger partial charge in [-0.2, -0.15) is 5.10 Å². The van der Waals surface area contributed by atoms with Gasteiger partial charge in [0.05, 0.1) is 17.7 Å². The molecule has 0 spiro atoms. The van der Waals surface area contributed by atoms with Gasteiger partial charge in [0.1, 0.15) is 5.82 Å². The summed E-state index contributed by atoms with van der Waals surface area (Å²) >= 11 is 0. The third-order valence-corrected chi connectivity index (χ3v) is 3.69. The van der Waals surface area contributed by atoms with Crippen molar-refractivity contribution in [3.05, 3.63) is 60.2 Å². The highest BCUT2D eigenvalue weighted by Gasteiger charge is 2.20. The number of anilines is 1. The van der Waals surface area contributed by atoms with Crippen molar-refractivity contribution < 1.29 is 5.11 Å². The lowest BCUT2D eigenvalue weighted by atomic mass is 10.0. The molecule has 0 radical (unpaired) electrons. The Morgan fingerprint density at radius 2 is 1.73 bits per heavy atom. The average Bonchev–Trinajstić information content (AvgIpc) is 2.83. The van der Waals surface area contributed by atoms with Gasteiger partial charge in [0.15, 0.2) is 0 Å². The molecule has 0 aliphatic heterocycles. The lowest BCUT2D eigenvalue weighted by molar-refractivity contribution is 0.167. The van der Waals surface area contributed by atoms with Crippen LogP contribution in [-0.4, -0.2) is 21.0 Å². The van der Waals surface area contributed by atoms with Crippen LogP contribution in [0.2, 0.25) is 0 Å². The second kappa shape index (κ2) is 6.81. The van der Waals surface area contributed by atoms with E-state index in [9.17, 15) is 5.11 Å². The Morgan fingerprint density at radius 1 is 1.09 bits per heavy atom. The van der Waals surface area contributed by atoms with Crippen LogP contribution in [0.15, 0.2) is 54.6 Å². The first-order valence-electron chi connectivity index (χ1n) is 7.12. The van der Waals surface area contributed by atoms with Crippen LogP contribution < -0.4 is 5.73 Å². The average molecular weight is 318 g/mol. The number of benzene rings is 2. The number of halogens is 1. The normalized spacial score (nSPS) is 13.5. The minimum absolute atomic E-state index is 0. The molecule has 1 heterocycles. The van der Waals surface area contributed by atoms with Crippen LogP contribution in [0, 0.1) is 0 Å². The number of aliphatic hydroxyl groups excluding tert-OH is 1. The first kappa shape index (κ1) is 16.3. The number of aliphatic hydroxyl groups is 1. The molecule has 3 aromatic rings. The van der Waals surface area contributed by atoms with E-state index in [0.717, 1.165) is 16.5 Å². The van der Waals surface area contributed by atoms with Crippen molar-refractivity contribution in [3.63, 3.8) is 0 Å². The van der Waals surface area contributed by atoms with Crippen molar-refractivity contribution >= 4 is 29.1 Å². The minimum atomic E-state index is -0.429. The zero-order valence-electron chi connectivity index (χ0n) is 12.4. The van der Waals surface area contributed by atoms with Crippen molar-refractivity contribution in [1.29, 1.82) is 0 Å². The fraction of sp³-hybridized carbons (Fsp3) is 0.235. The van der Waals surface area contributed by atoms with E-state index in [2.05, 4.69) is 5.10 Å². The molecule has 2 atom stereocenters. The zero-order chi connectivity index (χ0) is 14.8. The van der Waals surface area contributed by atoms with Crippen molar-refractivity contribution in [2.24, 2.45) is 0 Å². The summed E-state index contributed by atoms with van der Waals surface area (Å²) in [5.74, 6) is 0.639. The summed E-state index contributed by atoms with van der Waals surface area (Å²) in [6, 6.07) is 17.8. The van der Waals surface area contributed by atoms with Gasteiger partial charge in [-0.3, -0.25) is 0 Å². The first-order chi connectivity index (χ1) is 10.2. The summed E-state index contributed by atoms with van der Waals surface area (Å²) in [6.45, 7) is 1.79. The molecule has 2 unspecified atom stereocenters. The van der Waals surface area contributed by atoms with Gasteiger partial charge in [-0.25, -0.2) is 4.68 Å². The van der Waals surface area contributed by atoms with Gasteiger partial charge in [0.25, 0.3) is 0 Å². The van der Waals surface area contributed by atoms with Gasteiger partial charge in [-0.05, 0) is 31.0 Å². The summed E-state index contributed by atoms with van der Waals surface area (Å²) in [6.07, 6.45) is 0.143. The molecule has 116 valence electrons. The van der Waals surface area contributed by atoms with E-state index in [1.807, 2.05) is 59.3 Å². The predicted molar refractivity (Wildman–Crippen MR) is 92.3 cm³/mol. The fourth-order valence-electron chi connectivity index (χ4n) is 2.68. The molecule has 0 fully saturated rings. The molecule has 4 nitrogen and oxygen atoms in total. The van der Waals surface area contributed by atoms with E-state index in [-0.39, 0.29) is 18.4 Å². The van der Waals surface area contributed by atoms with Gasteiger partial charge in [-0.15, -0.1) is 12.4 Å². The highest BCUT2D eigenvalue weighted by atomic mass is 35.5. The molecule has 1 aromatic heterocycles. The molecule has 5 heteroatoms. The zero-order valence-corrected chi connectivity index (χ0v) is 13.2. The molecular formula is C17H20ClN3O. The number of fused-ring (bicyclic) bond motifs is 1. The molecule has 0 bridgehead atoms. The summed E-state index contributed by atoms with van der Waals surface area (Å²) in [5, 5.41) is 15.4. The van der Waals surface area contributed by atoms with Crippen LogP contribution in [0.5, 0.6) is 0 Å². The Labute approximate surface area is 136 Å². The third kappa shape index (κ3) is 3.08. The SMILES string of the molecule is CC(O)CC(c1ccccc1)n1nc2ccccc2c1N.Cl. The van der Waals surface area contributed by atoms with Crippen molar-refractivity contribution in [3.8, 4) is 0 Å². The lowest BCUT2D eigenvalue weighted by Crippen LogP contribution is -2.19. The first-order valence-corrected chi connectivity index (χ1v) is 7.12. The summed E-state index contributed by atoms with van der Waals surface area (Å²) in [7, 11) is 0. The Morgan fingerprint density at radius 3 is 2.36 bits per heavy atom. The van der Waals surface area contributed by atoms with Gasteiger partial charge in [0, 0.05) is 5.39 Å². The van der Waals surface area contributed by atoms with Crippen LogP contribution >= 0.6 is 12.4 Å². The number of nitrogens with two attached hydrogens (primary N) is 1. The molecule has 3 rings (SSSR count). The maximum Gasteiger partial charge on any atom is 0.130 e. The van der Waals surface area contributed by atoms with Crippen LogP contribution in [-0.2, 0) is 0 Å². The molecule has 0 aliphatic carbocycles. The molecule has 22 heavy (non-hydrogen) atoms. The molecule has 0 aliphatic rings. The molecule has 2 aromatic carbocycles. The lowest BCUT2D eigenvalue weighted by Gasteiger charge is -2.20. The number of rotatable bonds is 4. The highest BCUT2D eigenvalue weighted by Crippen LogP contribution is 2.30. The summed E-state index contributed by atoms with van der Waals surface area (Å²) in [4.78, 5) is 0. The molecule has 0 amide bonds. The van der Waals surface area contributed by atoms with Crippen molar-refractivity contribution in [2.75, 3.05) is 5.73 Å². The summed E-state index contributed by atoms with van der Waals surface area (Å²) < 4.78 is 1.83. The van der Waals surface area contributed by atoms with Crippen molar-refractivity contribution in [1.82, 2.24) is 9.78 Å². The molecule has 0 saturated carbocycles. The standard InChI is InChI=1S/C17H19N3O.ClH/c1-12(21)11-16(13-7-3-2-4-8-13)20-17(18)14-9-5-6-10-15(14)19-20;/h2-10,12,16,21H,11,18H2,1H3;1H. The largest absolute Gasteiger partial charge is 0.393 e. The van der Waals surface area contributed by atoms with Crippen LogP contribution in [0.25, 0.3) is 10.9 Å². The van der Waals surface area contributed by atoms with Gasteiger partial charge in [-0.1, -0.05) is 42.5 Å². The van der Waals surface area contributed by atoms with E-state index < -0.39 is 6.10 Å². The van der Waals surface area contributed by atoms with Gasteiger partial charge < -0.3 is 10.8 Å². The molecule has 0 saturated heterocycles. The third-order valence-electron chi connectivity index (χ3n) is 3.69. The number of hydrogen-bond acceptors (Lipinski definition) is 3. The van der Waals surface area contributed by atoms with E-state index in [0.29, 0.717) is 12.2 Å². The fourth-order valence-corrected chi connectivity index (χ4v) is 2.68. The maximum absolute atomic E-state index is 9.83. The Balaban J connectivity index is 0.00000176. The van der Waals surface area contributed by atoms with Crippen LogP contribution in [0.4, 0.5) is 5.82 Å². The van der Waals surface area contributed by atoms with E-state index in [1.54, 1.807) is 6.92 Å². The van der Waals surface area contributed by atoms with Gasteiger partial charge >= 0.3 is 0 Å². The highest BCUT2D eigenvalue weighted by molar-refractivity contribution is 5.88. The topological polar surface area (TPSA) is 64.1 Å². The second-order valence-corrected chi connectivity index (χ2v) is 5.36. The summed E-state index contributed by atoms with van der Waals surface area (Å²) in [5.41, 5.74) is 8.24. The number of nitrogen functional groups attached to an aromatic ring is 1. The minimum Gasteiger partial charge on any atom is -0.393 e. The van der Waals surface area contributed by atoms with E-state index >= 15 is 0 Å². The van der Waals surface area contributed by atoms with E-state index in [1.165, 1.54) is 0 Å². The van der Waals surface area contributed by atoms with Crippen molar-refractivity contribution in [2.45, 2.75) is 25.5 Å². The number of hydrogen-bond donors (Lipinski definition) is 2. The predicted octanol–water partition coefficient (Wildman–Crippen LogP) is 3.40.